The summed E-state index contributed by atoms with van der Waals surface area (Å²) >= 11 is -2.29. The minimum atomic E-state index is -2.29. The van der Waals surface area contributed by atoms with E-state index in [0.29, 0.717) is 0 Å². The van der Waals surface area contributed by atoms with E-state index in [1.54, 1.807) is 0 Å². The van der Waals surface area contributed by atoms with Gasteiger partial charge in [0.25, 0.3) is 0 Å². The van der Waals surface area contributed by atoms with Crippen molar-refractivity contribution in [1.29, 1.82) is 0 Å². The summed E-state index contributed by atoms with van der Waals surface area (Å²) in [6.07, 6.45) is 2.15. The van der Waals surface area contributed by atoms with Gasteiger partial charge in [-0.2, -0.15) is 0 Å². The van der Waals surface area contributed by atoms with E-state index in [0.717, 1.165) is 49.5 Å². The van der Waals surface area contributed by atoms with Crippen LogP contribution < -0.4 is 13.2 Å². The number of rotatable bonds is 1. The van der Waals surface area contributed by atoms with Gasteiger partial charge in [0, 0.05) is 0 Å². The van der Waals surface area contributed by atoms with Crippen LogP contribution in [-0.2, 0) is 0 Å². The number of amides is 1. The molecule has 0 radical (unpaired) electrons. The molecule has 0 aromatic heterocycles. The van der Waals surface area contributed by atoms with Crippen molar-refractivity contribution in [2.24, 2.45) is 0 Å². The monoisotopic (exact) mass is 408 g/mol. The third kappa shape index (κ3) is 1.79. The van der Waals surface area contributed by atoms with Gasteiger partial charge in [0.05, 0.1) is 0 Å². The maximum absolute atomic E-state index is 13.0. The number of carbonyl (C=O) groups is 1. The predicted molar refractivity (Wildman–Crippen MR) is 90.9 cm³/mol. The second-order valence-corrected chi connectivity index (χ2v) is 22.2. The number of carbonyl (C=O) groups excluding carboxylic acids is 1. The van der Waals surface area contributed by atoms with Gasteiger partial charge >= 0.3 is 136 Å². The summed E-state index contributed by atoms with van der Waals surface area (Å²) in [5, 5.41) is 0. The standard InChI is InChI=1S/C14H15N2O2.3CH3.Sn/c1-14-6-3-7-16(14)13(17)10-4-2-5-11-12(10)15(14)8-9-18-11;;;;/h2,4H,3,6-9H2,1H3;3*1H3;. The summed E-state index contributed by atoms with van der Waals surface area (Å²) in [7, 11) is 0. The summed E-state index contributed by atoms with van der Waals surface area (Å²) in [6.45, 7) is 4.71. The fraction of sp³-hybridized carbons (Fsp3) is 0.588. The SMILES string of the molecule is CC12CCCN1C(=O)c1cc[c]([Sn]([CH3])([CH3])[CH3])c3c1N2CCO3. The first-order valence-corrected chi connectivity index (χ1v) is 18.2. The second-order valence-electron chi connectivity index (χ2n) is 7.87. The molecule has 3 aliphatic rings. The van der Waals surface area contributed by atoms with E-state index in [-0.39, 0.29) is 11.6 Å². The van der Waals surface area contributed by atoms with E-state index in [9.17, 15) is 4.79 Å². The van der Waals surface area contributed by atoms with E-state index < -0.39 is 18.4 Å². The Kier molecular flexibility index (Phi) is 3.04. The molecule has 1 amide bonds. The van der Waals surface area contributed by atoms with Crippen molar-refractivity contribution in [1.82, 2.24) is 4.90 Å². The third-order valence-corrected chi connectivity index (χ3v) is 11.2. The Bertz CT molecular complexity index is 667. The zero-order valence-electron chi connectivity index (χ0n) is 13.9. The van der Waals surface area contributed by atoms with Crippen molar-refractivity contribution in [2.45, 2.75) is 40.2 Å². The number of hydrogen-bond acceptors (Lipinski definition) is 3. The van der Waals surface area contributed by atoms with Crippen molar-refractivity contribution < 1.29 is 9.53 Å². The molecule has 0 bridgehead atoms. The van der Waals surface area contributed by atoms with Gasteiger partial charge in [0.2, 0.25) is 0 Å². The minimum absolute atomic E-state index is 0.158. The molecule has 1 atom stereocenters. The molecule has 22 heavy (non-hydrogen) atoms. The van der Waals surface area contributed by atoms with Crippen molar-refractivity contribution in [3.63, 3.8) is 0 Å². The van der Waals surface area contributed by atoms with Gasteiger partial charge in [-0.1, -0.05) is 0 Å². The van der Waals surface area contributed by atoms with Gasteiger partial charge in [-0.15, -0.1) is 0 Å². The molecular weight excluding hydrogens is 383 g/mol. The first-order chi connectivity index (χ1) is 10.3. The van der Waals surface area contributed by atoms with E-state index in [2.05, 4.69) is 43.7 Å². The van der Waals surface area contributed by atoms with Gasteiger partial charge < -0.3 is 0 Å². The third-order valence-electron chi connectivity index (χ3n) is 5.44. The molecule has 3 aliphatic heterocycles. The summed E-state index contributed by atoms with van der Waals surface area (Å²) in [5.74, 6) is 1.21. The first kappa shape index (κ1) is 14.7. The Balaban J connectivity index is 1.99. The summed E-state index contributed by atoms with van der Waals surface area (Å²) in [6, 6.07) is 4.22. The summed E-state index contributed by atoms with van der Waals surface area (Å²) in [4.78, 5) is 24.7. The topological polar surface area (TPSA) is 32.8 Å². The molecule has 4 rings (SSSR count). The molecule has 1 saturated heterocycles. The van der Waals surface area contributed by atoms with Crippen molar-refractivity contribution >= 4 is 33.6 Å². The Labute approximate surface area is 136 Å². The molecule has 1 aromatic carbocycles. The van der Waals surface area contributed by atoms with E-state index >= 15 is 0 Å². The second kappa shape index (κ2) is 4.55. The van der Waals surface area contributed by atoms with Crippen LogP contribution in [-0.4, -0.2) is 54.5 Å². The fourth-order valence-corrected chi connectivity index (χ4v) is 8.43. The Hall–Kier alpha value is -0.911. The summed E-state index contributed by atoms with van der Waals surface area (Å²) in [5.41, 5.74) is 1.77. The van der Waals surface area contributed by atoms with Crippen LogP contribution in [0.2, 0.25) is 14.8 Å². The van der Waals surface area contributed by atoms with Gasteiger partial charge in [-0.3, -0.25) is 0 Å². The summed E-state index contributed by atoms with van der Waals surface area (Å²) < 4.78 is 7.51. The first-order valence-electron chi connectivity index (χ1n) is 8.24. The fourth-order valence-electron chi connectivity index (χ4n) is 4.28. The van der Waals surface area contributed by atoms with Crippen LogP contribution in [0.4, 0.5) is 5.69 Å². The maximum atomic E-state index is 13.0. The number of ether oxygens (including phenoxy) is 1. The van der Waals surface area contributed by atoms with Gasteiger partial charge in [-0.05, 0) is 0 Å². The van der Waals surface area contributed by atoms with Crippen molar-refractivity contribution in [3.05, 3.63) is 17.7 Å². The molecule has 1 aromatic rings. The molecule has 4 nitrogen and oxygen atoms in total. The zero-order chi connectivity index (χ0) is 15.7. The number of benzene rings is 1. The van der Waals surface area contributed by atoms with E-state index in [1.165, 1.54) is 3.58 Å². The molecule has 1 unspecified atom stereocenters. The van der Waals surface area contributed by atoms with Crippen LogP contribution in [0.3, 0.4) is 0 Å². The van der Waals surface area contributed by atoms with Crippen LogP contribution in [0.1, 0.15) is 30.1 Å². The quantitative estimate of drug-likeness (QED) is 0.671. The Morgan fingerprint density at radius 2 is 1.95 bits per heavy atom. The number of anilines is 1. The van der Waals surface area contributed by atoms with Crippen LogP contribution in [0.15, 0.2) is 12.1 Å². The molecule has 0 saturated carbocycles. The molecule has 0 N–H and O–H groups in total. The Morgan fingerprint density at radius 1 is 1.18 bits per heavy atom. The molecule has 5 heteroatoms. The van der Waals surface area contributed by atoms with Crippen LogP contribution in [0.5, 0.6) is 5.75 Å². The molecule has 0 spiro atoms. The van der Waals surface area contributed by atoms with Crippen molar-refractivity contribution in [3.8, 4) is 5.75 Å². The Morgan fingerprint density at radius 3 is 2.68 bits per heavy atom. The van der Waals surface area contributed by atoms with Crippen LogP contribution in [0, 0.1) is 0 Å². The van der Waals surface area contributed by atoms with Gasteiger partial charge in [0.15, 0.2) is 0 Å². The normalized spacial score (nSPS) is 26.6. The van der Waals surface area contributed by atoms with Crippen LogP contribution in [0.25, 0.3) is 0 Å². The molecule has 1 fully saturated rings. The van der Waals surface area contributed by atoms with Gasteiger partial charge in [-0.25, -0.2) is 0 Å². The number of hydrogen-bond donors (Lipinski definition) is 0. The molecule has 3 heterocycles. The molecular formula is C17H24N2O2Sn. The zero-order valence-corrected chi connectivity index (χ0v) is 16.8. The van der Waals surface area contributed by atoms with Crippen molar-refractivity contribution in [2.75, 3.05) is 24.6 Å². The van der Waals surface area contributed by atoms with E-state index in [4.69, 9.17) is 4.74 Å². The number of nitrogens with zero attached hydrogens (tertiary/aromatic N) is 2. The number of fused-ring (bicyclic) bond motifs is 2. The average molecular weight is 407 g/mol. The molecule has 0 aliphatic carbocycles. The van der Waals surface area contributed by atoms with Crippen LogP contribution >= 0.6 is 0 Å². The predicted octanol–water partition coefficient (Wildman–Crippen LogP) is 2.40. The average Bonchev–Trinajstić information content (AvgIpc) is 2.86. The molecule has 118 valence electrons. The van der Waals surface area contributed by atoms with Gasteiger partial charge in [0.1, 0.15) is 0 Å². The van der Waals surface area contributed by atoms with E-state index in [1.807, 2.05) is 0 Å².